The summed E-state index contributed by atoms with van der Waals surface area (Å²) >= 11 is 0. The smallest absolute Gasteiger partial charge is 0.245 e. The summed E-state index contributed by atoms with van der Waals surface area (Å²) in [6, 6.07) is 9.76. The second-order valence-corrected chi connectivity index (χ2v) is 4.68. The average molecular weight is 289 g/mol. The molecule has 1 aromatic carbocycles. The summed E-state index contributed by atoms with van der Waals surface area (Å²) in [5.74, 6) is -0.0253. The average Bonchev–Trinajstić information content (AvgIpc) is 3.03. The first-order valence-electron chi connectivity index (χ1n) is 6.90. The zero-order valence-corrected chi connectivity index (χ0v) is 12.1. The Hall–Kier alpha value is -2.28. The standard InChI is InChI=1S/C14H19N5O2/c1-18(21-11-13-7-3-2-4-8-13)14(20)9-5-6-10-19-12-15-16-17-19/h2-4,7-8,12H,5-6,9-11H2,1H3. The molecule has 0 bridgehead atoms. The van der Waals surface area contributed by atoms with Crippen molar-refractivity contribution in [3.8, 4) is 0 Å². The Morgan fingerprint density at radius 2 is 2.10 bits per heavy atom. The maximum atomic E-state index is 11.9. The highest BCUT2D eigenvalue weighted by Gasteiger charge is 2.09. The fourth-order valence-corrected chi connectivity index (χ4v) is 1.81. The minimum atomic E-state index is -0.0253. The Balaban J connectivity index is 1.61. The predicted molar refractivity (Wildman–Crippen MR) is 75.7 cm³/mol. The fraction of sp³-hybridized carbons (Fsp3) is 0.429. The quantitative estimate of drug-likeness (QED) is 0.543. The van der Waals surface area contributed by atoms with Gasteiger partial charge in [-0.25, -0.2) is 9.75 Å². The van der Waals surface area contributed by atoms with Gasteiger partial charge in [0.1, 0.15) is 12.9 Å². The third-order valence-corrected chi connectivity index (χ3v) is 3.04. The Morgan fingerprint density at radius 3 is 2.81 bits per heavy atom. The lowest BCUT2D eigenvalue weighted by Crippen LogP contribution is -2.26. The van der Waals surface area contributed by atoms with E-state index in [0.717, 1.165) is 24.9 Å². The van der Waals surface area contributed by atoms with E-state index in [-0.39, 0.29) is 5.91 Å². The molecule has 0 aliphatic rings. The van der Waals surface area contributed by atoms with E-state index < -0.39 is 0 Å². The summed E-state index contributed by atoms with van der Waals surface area (Å²) in [4.78, 5) is 17.3. The van der Waals surface area contributed by atoms with Crippen LogP contribution >= 0.6 is 0 Å². The molecule has 0 spiro atoms. The summed E-state index contributed by atoms with van der Waals surface area (Å²) < 4.78 is 1.65. The van der Waals surface area contributed by atoms with Gasteiger partial charge in [-0.1, -0.05) is 30.3 Å². The van der Waals surface area contributed by atoms with Crippen LogP contribution in [0.3, 0.4) is 0 Å². The minimum absolute atomic E-state index is 0.0253. The monoisotopic (exact) mass is 289 g/mol. The first-order chi connectivity index (χ1) is 10.3. The van der Waals surface area contributed by atoms with Crippen LogP contribution in [0.5, 0.6) is 0 Å². The number of nitrogens with zero attached hydrogens (tertiary/aromatic N) is 5. The molecule has 7 heteroatoms. The molecular weight excluding hydrogens is 270 g/mol. The first kappa shape index (κ1) is 15.1. The number of hydrogen-bond acceptors (Lipinski definition) is 5. The fourth-order valence-electron chi connectivity index (χ4n) is 1.81. The SMILES string of the molecule is CN(OCc1ccccc1)C(=O)CCCCn1cnnn1. The number of rotatable bonds is 8. The molecule has 112 valence electrons. The van der Waals surface area contributed by atoms with E-state index in [9.17, 15) is 4.79 Å². The van der Waals surface area contributed by atoms with E-state index in [2.05, 4.69) is 15.5 Å². The second-order valence-electron chi connectivity index (χ2n) is 4.68. The molecule has 2 aromatic rings. The van der Waals surface area contributed by atoms with Gasteiger partial charge in [0.05, 0.1) is 0 Å². The van der Waals surface area contributed by atoms with Crippen LogP contribution in [0.4, 0.5) is 0 Å². The molecule has 1 aromatic heterocycles. The van der Waals surface area contributed by atoms with Crippen molar-refractivity contribution in [3.05, 3.63) is 42.2 Å². The maximum Gasteiger partial charge on any atom is 0.245 e. The van der Waals surface area contributed by atoms with Gasteiger partial charge in [0.2, 0.25) is 5.91 Å². The molecule has 0 unspecified atom stereocenters. The molecule has 0 fully saturated rings. The van der Waals surface area contributed by atoms with Gasteiger partial charge in [0.25, 0.3) is 0 Å². The van der Waals surface area contributed by atoms with E-state index in [0.29, 0.717) is 13.0 Å². The van der Waals surface area contributed by atoms with Crippen molar-refractivity contribution in [1.29, 1.82) is 0 Å². The van der Waals surface area contributed by atoms with Crippen molar-refractivity contribution in [2.24, 2.45) is 0 Å². The van der Waals surface area contributed by atoms with Crippen LogP contribution in [-0.2, 0) is 22.8 Å². The van der Waals surface area contributed by atoms with Crippen LogP contribution in [0.2, 0.25) is 0 Å². The number of aryl methyl sites for hydroxylation is 1. The number of amides is 1. The molecule has 7 nitrogen and oxygen atoms in total. The number of aromatic nitrogens is 4. The van der Waals surface area contributed by atoms with Crippen LogP contribution in [0.15, 0.2) is 36.7 Å². The summed E-state index contributed by atoms with van der Waals surface area (Å²) in [7, 11) is 1.65. The Labute approximate surface area is 123 Å². The van der Waals surface area contributed by atoms with E-state index in [1.165, 1.54) is 5.06 Å². The zero-order chi connectivity index (χ0) is 14.9. The molecule has 0 N–H and O–H groups in total. The van der Waals surface area contributed by atoms with Gasteiger partial charge in [-0.2, -0.15) is 0 Å². The van der Waals surface area contributed by atoms with Gasteiger partial charge in [-0.15, -0.1) is 5.10 Å². The van der Waals surface area contributed by atoms with Crippen molar-refractivity contribution in [2.45, 2.75) is 32.4 Å². The molecule has 1 amide bonds. The second kappa shape index (κ2) is 8.11. The summed E-state index contributed by atoms with van der Waals surface area (Å²) in [6.45, 7) is 1.11. The number of hydrogen-bond donors (Lipinski definition) is 0. The molecule has 2 rings (SSSR count). The molecule has 1 heterocycles. The van der Waals surface area contributed by atoms with Gasteiger partial charge in [-0.05, 0) is 28.8 Å². The number of benzene rings is 1. The van der Waals surface area contributed by atoms with E-state index in [1.807, 2.05) is 30.3 Å². The third kappa shape index (κ3) is 5.31. The Bertz CT molecular complexity index is 530. The molecule has 21 heavy (non-hydrogen) atoms. The highest BCUT2D eigenvalue weighted by molar-refractivity contribution is 5.74. The normalized spacial score (nSPS) is 10.5. The Kier molecular flexibility index (Phi) is 5.83. The zero-order valence-electron chi connectivity index (χ0n) is 12.1. The molecular formula is C14H19N5O2. The number of carbonyl (C=O) groups excluding carboxylic acids is 1. The predicted octanol–water partition coefficient (Wildman–Crippen LogP) is 1.43. The topological polar surface area (TPSA) is 73.1 Å². The van der Waals surface area contributed by atoms with Crippen LogP contribution in [0.1, 0.15) is 24.8 Å². The minimum Gasteiger partial charge on any atom is -0.273 e. The van der Waals surface area contributed by atoms with Gasteiger partial charge in [-0.3, -0.25) is 9.63 Å². The third-order valence-electron chi connectivity index (χ3n) is 3.04. The molecule has 0 saturated heterocycles. The summed E-state index contributed by atoms with van der Waals surface area (Å²) in [5.41, 5.74) is 1.04. The van der Waals surface area contributed by atoms with E-state index >= 15 is 0 Å². The van der Waals surface area contributed by atoms with Crippen molar-refractivity contribution in [1.82, 2.24) is 25.3 Å². The van der Waals surface area contributed by atoms with Crippen molar-refractivity contribution < 1.29 is 9.63 Å². The highest BCUT2D eigenvalue weighted by Crippen LogP contribution is 2.05. The van der Waals surface area contributed by atoms with E-state index in [1.54, 1.807) is 18.1 Å². The number of carbonyl (C=O) groups is 1. The van der Waals surface area contributed by atoms with E-state index in [4.69, 9.17) is 4.84 Å². The maximum absolute atomic E-state index is 11.9. The first-order valence-corrected chi connectivity index (χ1v) is 6.90. The Morgan fingerprint density at radius 1 is 1.29 bits per heavy atom. The number of unbranched alkanes of at least 4 members (excludes halogenated alkanes) is 1. The van der Waals surface area contributed by atoms with Gasteiger partial charge >= 0.3 is 0 Å². The lowest BCUT2D eigenvalue weighted by atomic mass is 10.2. The van der Waals surface area contributed by atoms with Crippen LogP contribution in [0.25, 0.3) is 0 Å². The molecule has 0 aliphatic carbocycles. The van der Waals surface area contributed by atoms with Crippen LogP contribution in [0, 0.1) is 0 Å². The molecule has 0 radical (unpaired) electrons. The summed E-state index contributed by atoms with van der Waals surface area (Å²) in [6.07, 6.45) is 3.64. The lowest BCUT2D eigenvalue weighted by Gasteiger charge is -2.16. The summed E-state index contributed by atoms with van der Waals surface area (Å²) in [5, 5.41) is 12.2. The van der Waals surface area contributed by atoms with Gasteiger partial charge in [0.15, 0.2) is 0 Å². The number of hydroxylamine groups is 2. The molecule has 0 atom stereocenters. The van der Waals surface area contributed by atoms with Crippen LogP contribution < -0.4 is 0 Å². The van der Waals surface area contributed by atoms with Crippen LogP contribution in [-0.4, -0.2) is 38.2 Å². The van der Waals surface area contributed by atoms with Crippen molar-refractivity contribution in [3.63, 3.8) is 0 Å². The highest BCUT2D eigenvalue weighted by atomic mass is 16.7. The molecule has 0 aliphatic heterocycles. The number of tetrazole rings is 1. The van der Waals surface area contributed by atoms with Crippen molar-refractivity contribution in [2.75, 3.05) is 7.05 Å². The van der Waals surface area contributed by atoms with Gasteiger partial charge < -0.3 is 0 Å². The molecule has 0 saturated carbocycles. The van der Waals surface area contributed by atoms with Crippen molar-refractivity contribution >= 4 is 5.91 Å². The van der Waals surface area contributed by atoms with Gasteiger partial charge in [0, 0.05) is 20.0 Å². The lowest BCUT2D eigenvalue weighted by molar-refractivity contribution is -0.182. The largest absolute Gasteiger partial charge is 0.273 e.